The van der Waals surface area contributed by atoms with Gasteiger partial charge in [-0.2, -0.15) is 28.2 Å². The van der Waals surface area contributed by atoms with Gasteiger partial charge in [0.1, 0.15) is 11.9 Å². The van der Waals surface area contributed by atoms with E-state index in [1.54, 1.807) is 49.6 Å². The number of ether oxygens (including phenoxy) is 2. The van der Waals surface area contributed by atoms with Crippen molar-refractivity contribution in [3.63, 3.8) is 0 Å². The number of carboxylic acids is 1. The minimum atomic E-state index is -4.84. The van der Waals surface area contributed by atoms with E-state index < -0.39 is 24.3 Å². The lowest BCUT2D eigenvalue weighted by Gasteiger charge is -2.39. The van der Waals surface area contributed by atoms with Crippen LogP contribution < -0.4 is 25.4 Å². The topological polar surface area (TPSA) is 154 Å². The molecule has 46 heavy (non-hydrogen) atoms. The predicted molar refractivity (Wildman–Crippen MR) is 162 cm³/mol. The fourth-order valence-corrected chi connectivity index (χ4v) is 6.16. The maximum atomic E-state index is 14.8. The molecule has 15 heteroatoms. The molecule has 1 spiro atoms. The van der Waals surface area contributed by atoms with Crippen LogP contribution in [0.5, 0.6) is 11.8 Å². The van der Waals surface area contributed by atoms with Gasteiger partial charge in [0.15, 0.2) is 0 Å². The molecule has 2 atom stereocenters. The van der Waals surface area contributed by atoms with Gasteiger partial charge in [0.05, 0.1) is 18.5 Å². The Morgan fingerprint density at radius 2 is 1.87 bits per heavy atom. The molecule has 2 aliphatic heterocycles. The summed E-state index contributed by atoms with van der Waals surface area (Å²) in [5.74, 6) is -0.734. The van der Waals surface area contributed by atoms with Crippen LogP contribution in [-0.2, 0) is 4.79 Å². The molecule has 0 amide bonds. The highest BCUT2D eigenvalue weighted by Crippen LogP contribution is 2.43. The average molecular weight is 639 g/mol. The van der Waals surface area contributed by atoms with Gasteiger partial charge in [-0.05, 0) is 60.9 Å². The summed E-state index contributed by atoms with van der Waals surface area (Å²) in [6, 6.07) is 10.4. The molecule has 2 fully saturated rings. The van der Waals surface area contributed by atoms with Gasteiger partial charge in [-0.3, -0.25) is 4.79 Å². The maximum absolute atomic E-state index is 14.8. The summed E-state index contributed by atoms with van der Waals surface area (Å²) >= 11 is 0. The molecule has 242 valence electrons. The number of alkyl halides is 3. The Morgan fingerprint density at radius 1 is 1.11 bits per heavy atom. The number of benzene rings is 1. The second-order valence-corrected chi connectivity index (χ2v) is 11.7. The second-order valence-electron chi connectivity index (χ2n) is 11.7. The van der Waals surface area contributed by atoms with Crippen molar-refractivity contribution >= 4 is 17.7 Å². The number of aromatic nitrogens is 5. The van der Waals surface area contributed by atoms with E-state index >= 15 is 0 Å². The Bertz CT molecular complexity index is 1740. The van der Waals surface area contributed by atoms with Crippen LogP contribution in [0.4, 0.5) is 24.9 Å². The van der Waals surface area contributed by atoms with Crippen LogP contribution in [0.2, 0.25) is 0 Å². The Morgan fingerprint density at radius 3 is 2.52 bits per heavy atom. The van der Waals surface area contributed by atoms with E-state index in [0.29, 0.717) is 67.4 Å². The first-order valence-electron chi connectivity index (χ1n) is 14.7. The summed E-state index contributed by atoms with van der Waals surface area (Å²) in [5.41, 5.74) is 7.73. The normalized spacial score (nSPS) is 18.5. The molecule has 0 saturated carbocycles. The zero-order valence-electron chi connectivity index (χ0n) is 25.2. The first-order valence-corrected chi connectivity index (χ1v) is 14.7. The van der Waals surface area contributed by atoms with Crippen molar-refractivity contribution in [2.24, 2.45) is 5.41 Å². The highest BCUT2D eigenvalue weighted by atomic mass is 19.4. The fourth-order valence-electron chi connectivity index (χ4n) is 6.16. The lowest BCUT2D eigenvalue weighted by atomic mass is 9.76. The van der Waals surface area contributed by atoms with Gasteiger partial charge in [-0.25, -0.2) is 9.67 Å². The standard InChI is InChI=1S/C31H33F3N8O4/c1-18-6-10-42(40-18)23-13-19(20-5-9-36-25(14-20)45-2)3-4-21(23)27(31(32,33)34)46-26-15-24(38-29(35)39-26)41-11-7-30(8-12-41)16-22(28(43)44)37-17-30/h3-6,9-10,13-15,22,27,37H,7-8,11-12,16-17H2,1-2H3,(H,43,44)(H2,35,38,39)/t22?,27-/m1/s1. The lowest BCUT2D eigenvalue weighted by molar-refractivity contribution is -0.198. The molecular weight excluding hydrogens is 605 g/mol. The number of carbonyl (C=O) groups is 1. The molecular formula is C31H33F3N8O4. The number of aliphatic carboxylic acids is 1. The summed E-state index contributed by atoms with van der Waals surface area (Å²) in [4.78, 5) is 25.7. The minimum Gasteiger partial charge on any atom is -0.481 e. The third-order valence-electron chi connectivity index (χ3n) is 8.61. The van der Waals surface area contributed by atoms with Crippen molar-refractivity contribution in [1.29, 1.82) is 0 Å². The smallest absolute Gasteiger partial charge is 0.429 e. The molecule has 0 aliphatic carbocycles. The summed E-state index contributed by atoms with van der Waals surface area (Å²) in [6.07, 6.45) is -2.22. The number of hydrogen-bond donors (Lipinski definition) is 3. The van der Waals surface area contributed by atoms with Crippen molar-refractivity contribution < 1.29 is 32.5 Å². The fraction of sp³-hybridized carbons (Fsp3) is 0.387. The van der Waals surface area contributed by atoms with Gasteiger partial charge >= 0.3 is 12.1 Å². The molecule has 2 aliphatic rings. The van der Waals surface area contributed by atoms with Gasteiger partial charge in [0, 0.05) is 49.7 Å². The minimum absolute atomic E-state index is 0.159. The van der Waals surface area contributed by atoms with Crippen molar-refractivity contribution in [2.75, 3.05) is 37.4 Å². The second kappa shape index (κ2) is 12.1. The lowest BCUT2D eigenvalue weighted by Crippen LogP contribution is -2.41. The van der Waals surface area contributed by atoms with E-state index in [9.17, 15) is 23.1 Å². The van der Waals surface area contributed by atoms with Crippen LogP contribution in [-0.4, -0.2) is 74.8 Å². The largest absolute Gasteiger partial charge is 0.481 e. The van der Waals surface area contributed by atoms with Gasteiger partial charge in [-0.1, -0.05) is 12.1 Å². The number of carboxylic acid groups (broad SMARTS) is 1. The quantitative estimate of drug-likeness (QED) is 0.253. The number of aryl methyl sites for hydroxylation is 1. The highest BCUT2D eigenvalue weighted by molar-refractivity contribution is 5.74. The predicted octanol–water partition coefficient (Wildman–Crippen LogP) is 4.34. The maximum Gasteiger partial charge on any atom is 0.429 e. The number of nitrogen functional groups attached to an aromatic ring is 1. The number of piperidine rings is 1. The van der Waals surface area contributed by atoms with Gasteiger partial charge < -0.3 is 30.5 Å². The zero-order valence-corrected chi connectivity index (χ0v) is 25.2. The molecule has 4 N–H and O–H groups in total. The summed E-state index contributed by atoms with van der Waals surface area (Å²) in [7, 11) is 1.48. The summed E-state index contributed by atoms with van der Waals surface area (Å²) in [5, 5.41) is 16.8. The molecule has 5 heterocycles. The molecule has 0 bridgehead atoms. The van der Waals surface area contributed by atoms with Crippen LogP contribution in [0, 0.1) is 12.3 Å². The van der Waals surface area contributed by atoms with Crippen LogP contribution in [0.3, 0.4) is 0 Å². The van der Waals surface area contributed by atoms with Crippen LogP contribution in [0.1, 0.15) is 36.6 Å². The summed E-state index contributed by atoms with van der Waals surface area (Å²) in [6.45, 7) is 3.39. The van der Waals surface area contributed by atoms with E-state index in [1.807, 2.05) is 4.90 Å². The molecule has 0 radical (unpaired) electrons. The molecule has 12 nitrogen and oxygen atoms in total. The van der Waals surface area contributed by atoms with E-state index in [2.05, 4.69) is 25.4 Å². The Balaban J connectivity index is 1.31. The van der Waals surface area contributed by atoms with Crippen LogP contribution in [0.25, 0.3) is 16.8 Å². The number of nitrogens with two attached hydrogens (primary N) is 1. The monoisotopic (exact) mass is 638 g/mol. The van der Waals surface area contributed by atoms with Gasteiger partial charge in [-0.15, -0.1) is 0 Å². The number of anilines is 2. The van der Waals surface area contributed by atoms with Crippen molar-refractivity contribution in [2.45, 2.75) is 44.5 Å². The molecule has 3 aromatic heterocycles. The van der Waals surface area contributed by atoms with Crippen molar-refractivity contribution in [1.82, 2.24) is 30.0 Å². The first kappa shape index (κ1) is 31.1. The van der Waals surface area contributed by atoms with E-state index in [1.165, 1.54) is 23.9 Å². The van der Waals surface area contributed by atoms with E-state index in [-0.39, 0.29) is 28.5 Å². The van der Waals surface area contributed by atoms with E-state index in [4.69, 9.17) is 15.2 Å². The third-order valence-corrected chi connectivity index (χ3v) is 8.61. The third kappa shape index (κ3) is 6.40. The zero-order chi connectivity index (χ0) is 32.6. The van der Waals surface area contributed by atoms with E-state index in [0.717, 1.165) is 0 Å². The number of nitrogens with zero attached hydrogens (tertiary/aromatic N) is 6. The first-order chi connectivity index (χ1) is 21.9. The number of rotatable bonds is 8. The SMILES string of the molecule is COc1cc(-c2ccc([C@@H](Oc3cc(N4CCC5(CC4)CNC(C(=O)O)C5)nc(N)n3)C(F)(F)F)c(-n3ccc(C)n3)c2)ccn1. The Labute approximate surface area is 262 Å². The molecule has 6 rings (SSSR count). The summed E-state index contributed by atoms with van der Waals surface area (Å²) < 4.78 is 56.7. The van der Waals surface area contributed by atoms with Gasteiger partial charge in [0.2, 0.25) is 23.8 Å². The molecule has 1 unspecified atom stereocenters. The molecule has 4 aromatic rings. The van der Waals surface area contributed by atoms with Gasteiger partial charge in [0.25, 0.3) is 0 Å². The number of hydrogen-bond acceptors (Lipinski definition) is 10. The van der Waals surface area contributed by atoms with Crippen molar-refractivity contribution in [3.8, 4) is 28.6 Å². The average Bonchev–Trinajstić information content (AvgIpc) is 3.66. The van der Waals surface area contributed by atoms with Crippen molar-refractivity contribution in [3.05, 3.63) is 66.1 Å². The Kier molecular flexibility index (Phi) is 8.19. The molecule has 2 saturated heterocycles. The number of halogens is 3. The van der Waals surface area contributed by atoms with Crippen LogP contribution in [0.15, 0.2) is 54.9 Å². The Hall–Kier alpha value is -4.92. The highest BCUT2D eigenvalue weighted by Gasteiger charge is 2.46. The number of pyridine rings is 1. The van der Waals surface area contributed by atoms with Crippen LogP contribution >= 0.6 is 0 Å². The number of nitrogens with one attached hydrogen (secondary N) is 1. The molecule has 1 aromatic carbocycles. The number of methoxy groups -OCH3 is 1.